The number of halogens is 1. The number of aromatic nitrogens is 2. The second kappa shape index (κ2) is 5.40. The second-order valence-corrected chi connectivity index (χ2v) is 4.75. The number of aryl methyl sites for hydroxylation is 1. The molecule has 0 amide bonds. The summed E-state index contributed by atoms with van der Waals surface area (Å²) in [7, 11) is 3.89. The third-order valence-electron chi connectivity index (χ3n) is 3.42. The van der Waals surface area contributed by atoms with Gasteiger partial charge in [0.05, 0.1) is 6.54 Å². The Labute approximate surface area is 112 Å². The molecule has 0 aliphatic rings. The van der Waals surface area contributed by atoms with Crippen LogP contribution in [0.15, 0.2) is 30.6 Å². The summed E-state index contributed by atoms with van der Waals surface area (Å²) in [6, 6.07) is 4.09. The molecular weight excluding hydrogens is 245 g/mol. The van der Waals surface area contributed by atoms with Crippen molar-refractivity contribution in [2.24, 2.45) is 7.05 Å². The number of phenols is 1. The third kappa shape index (κ3) is 2.93. The highest BCUT2D eigenvalue weighted by Gasteiger charge is 2.17. The van der Waals surface area contributed by atoms with Crippen molar-refractivity contribution in [3.63, 3.8) is 0 Å². The average Bonchev–Trinajstić information content (AvgIpc) is 2.74. The van der Waals surface area contributed by atoms with Gasteiger partial charge in [0, 0.05) is 37.1 Å². The van der Waals surface area contributed by atoms with E-state index in [0.717, 1.165) is 11.9 Å². The van der Waals surface area contributed by atoms with Gasteiger partial charge in [-0.2, -0.15) is 0 Å². The second-order valence-electron chi connectivity index (χ2n) is 4.75. The SMILES string of the molecule is CC(c1ccc(F)cc1O)N(C)Cc1nccn1C. The number of hydrogen-bond donors (Lipinski definition) is 1. The van der Waals surface area contributed by atoms with Gasteiger partial charge in [0.15, 0.2) is 0 Å². The van der Waals surface area contributed by atoms with E-state index in [2.05, 4.69) is 9.88 Å². The van der Waals surface area contributed by atoms with Crippen LogP contribution < -0.4 is 0 Å². The number of nitrogens with zero attached hydrogens (tertiary/aromatic N) is 3. The van der Waals surface area contributed by atoms with Crippen LogP contribution in [0.3, 0.4) is 0 Å². The van der Waals surface area contributed by atoms with E-state index < -0.39 is 5.82 Å². The first-order valence-electron chi connectivity index (χ1n) is 6.14. The van der Waals surface area contributed by atoms with Gasteiger partial charge in [0.1, 0.15) is 17.4 Å². The standard InChI is InChI=1S/C14H18FN3O/c1-10(12-5-4-11(15)8-13(12)19)18(3)9-14-16-6-7-17(14)2/h4-8,10,19H,9H2,1-3H3. The van der Waals surface area contributed by atoms with Crippen molar-refractivity contribution in [2.75, 3.05) is 7.05 Å². The molecule has 1 aromatic heterocycles. The molecule has 0 saturated heterocycles. The molecule has 5 heteroatoms. The molecule has 1 N–H and O–H groups in total. The van der Waals surface area contributed by atoms with Gasteiger partial charge in [-0.1, -0.05) is 6.07 Å². The first kappa shape index (κ1) is 13.5. The van der Waals surface area contributed by atoms with Gasteiger partial charge in [-0.15, -0.1) is 0 Å². The van der Waals surface area contributed by atoms with Crippen LogP contribution in [0.1, 0.15) is 24.4 Å². The van der Waals surface area contributed by atoms with Crippen LogP contribution >= 0.6 is 0 Å². The number of hydrogen-bond acceptors (Lipinski definition) is 3. The van der Waals surface area contributed by atoms with Crippen molar-refractivity contribution in [1.82, 2.24) is 14.5 Å². The van der Waals surface area contributed by atoms with E-state index in [0.29, 0.717) is 12.1 Å². The van der Waals surface area contributed by atoms with E-state index in [4.69, 9.17) is 0 Å². The normalized spacial score (nSPS) is 12.9. The van der Waals surface area contributed by atoms with Gasteiger partial charge in [-0.3, -0.25) is 4.90 Å². The van der Waals surface area contributed by atoms with Crippen LogP contribution in [-0.2, 0) is 13.6 Å². The quantitative estimate of drug-likeness (QED) is 0.921. The summed E-state index contributed by atoms with van der Waals surface area (Å²) in [4.78, 5) is 6.32. The molecule has 0 radical (unpaired) electrons. The maximum atomic E-state index is 13.0. The summed E-state index contributed by atoms with van der Waals surface area (Å²) in [5.41, 5.74) is 0.707. The molecule has 0 bridgehead atoms. The largest absolute Gasteiger partial charge is 0.508 e. The van der Waals surface area contributed by atoms with E-state index >= 15 is 0 Å². The fourth-order valence-corrected chi connectivity index (χ4v) is 2.02. The van der Waals surface area contributed by atoms with E-state index in [-0.39, 0.29) is 11.8 Å². The Hall–Kier alpha value is -1.88. The van der Waals surface area contributed by atoms with Crippen LogP contribution in [0.2, 0.25) is 0 Å². The maximum Gasteiger partial charge on any atom is 0.126 e. The number of rotatable bonds is 4. The zero-order valence-corrected chi connectivity index (χ0v) is 11.3. The van der Waals surface area contributed by atoms with E-state index in [9.17, 15) is 9.50 Å². The van der Waals surface area contributed by atoms with Crippen molar-refractivity contribution in [1.29, 1.82) is 0 Å². The van der Waals surface area contributed by atoms with E-state index in [1.54, 1.807) is 12.3 Å². The Kier molecular flexibility index (Phi) is 3.85. The predicted molar refractivity (Wildman–Crippen MR) is 71.2 cm³/mol. The summed E-state index contributed by atoms with van der Waals surface area (Å²) in [6.45, 7) is 2.62. The lowest BCUT2D eigenvalue weighted by molar-refractivity contribution is 0.239. The Bertz CT molecular complexity index is 568. The minimum atomic E-state index is -0.430. The van der Waals surface area contributed by atoms with Gasteiger partial charge >= 0.3 is 0 Å². The highest BCUT2D eigenvalue weighted by Crippen LogP contribution is 2.28. The molecule has 2 rings (SSSR count). The van der Waals surface area contributed by atoms with Crippen molar-refractivity contribution in [2.45, 2.75) is 19.5 Å². The average molecular weight is 263 g/mol. The number of benzene rings is 1. The number of imidazole rings is 1. The molecular formula is C14H18FN3O. The van der Waals surface area contributed by atoms with Crippen LogP contribution in [0.4, 0.5) is 4.39 Å². The van der Waals surface area contributed by atoms with E-state index in [1.807, 2.05) is 31.8 Å². The first-order chi connectivity index (χ1) is 8.99. The molecule has 102 valence electrons. The summed E-state index contributed by atoms with van der Waals surface area (Å²) >= 11 is 0. The highest BCUT2D eigenvalue weighted by atomic mass is 19.1. The summed E-state index contributed by atoms with van der Waals surface area (Å²) in [6.07, 6.45) is 3.65. The molecule has 1 heterocycles. The molecule has 0 aliphatic heterocycles. The molecule has 19 heavy (non-hydrogen) atoms. The highest BCUT2D eigenvalue weighted by molar-refractivity contribution is 5.34. The van der Waals surface area contributed by atoms with Crippen LogP contribution in [-0.4, -0.2) is 26.6 Å². The lowest BCUT2D eigenvalue weighted by Gasteiger charge is -2.25. The lowest BCUT2D eigenvalue weighted by atomic mass is 10.1. The van der Waals surface area contributed by atoms with Crippen molar-refractivity contribution in [3.05, 3.63) is 47.8 Å². The molecule has 0 fully saturated rings. The lowest BCUT2D eigenvalue weighted by Crippen LogP contribution is -2.23. The monoisotopic (exact) mass is 263 g/mol. The van der Waals surface area contributed by atoms with Gasteiger partial charge in [-0.05, 0) is 20.0 Å². The van der Waals surface area contributed by atoms with Crippen molar-refractivity contribution < 1.29 is 9.50 Å². The molecule has 1 aromatic carbocycles. The van der Waals surface area contributed by atoms with Gasteiger partial charge in [0.2, 0.25) is 0 Å². The summed E-state index contributed by atoms with van der Waals surface area (Å²) in [5.74, 6) is 0.496. The van der Waals surface area contributed by atoms with Crippen molar-refractivity contribution in [3.8, 4) is 5.75 Å². The number of phenolic OH excluding ortho intramolecular Hbond substituents is 1. The van der Waals surface area contributed by atoms with Crippen molar-refractivity contribution >= 4 is 0 Å². The molecule has 0 spiro atoms. The summed E-state index contributed by atoms with van der Waals surface area (Å²) < 4.78 is 14.9. The Morgan fingerprint density at radius 3 is 2.79 bits per heavy atom. The van der Waals surface area contributed by atoms with Crippen LogP contribution in [0, 0.1) is 5.82 Å². The fraction of sp³-hybridized carbons (Fsp3) is 0.357. The molecule has 1 atom stereocenters. The van der Waals surface area contributed by atoms with Crippen LogP contribution in [0.25, 0.3) is 0 Å². The molecule has 1 unspecified atom stereocenters. The van der Waals surface area contributed by atoms with Gasteiger partial charge < -0.3 is 9.67 Å². The first-order valence-corrected chi connectivity index (χ1v) is 6.14. The Balaban J connectivity index is 2.14. The molecule has 2 aromatic rings. The Morgan fingerprint density at radius 1 is 1.47 bits per heavy atom. The summed E-state index contributed by atoms with van der Waals surface area (Å²) in [5, 5.41) is 9.80. The fourth-order valence-electron chi connectivity index (χ4n) is 2.02. The smallest absolute Gasteiger partial charge is 0.126 e. The van der Waals surface area contributed by atoms with E-state index in [1.165, 1.54) is 6.07 Å². The van der Waals surface area contributed by atoms with Gasteiger partial charge in [0.25, 0.3) is 0 Å². The zero-order valence-electron chi connectivity index (χ0n) is 11.3. The Morgan fingerprint density at radius 2 is 2.21 bits per heavy atom. The predicted octanol–water partition coefficient (Wildman–Crippen LogP) is 2.46. The topological polar surface area (TPSA) is 41.3 Å². The molecule has 0 aliphatic carbocycles. The maximum absolute atomic E-state index is 13.0. The zero-order chi connectivity index (χ0) is 14.0. The molecule has 4 nitrogen and oxygen atoms in total. The van der Waals surface area contributed by atoms with Crippen LogP contribution in [0.5, 0.6) is 5.75 Å². The minimum absolute atomic E-state index is 0.0146. The molecule has 0 saturated carbocycles. The number of aromatic hydroxyl groups is 1. The minimum Gasteiger partial charge on any atom is -0.508 e. The third-order valence-corrected chi connectivity index (χ3v) is 3.42. The van der Waals surface area contributed by atoms with Gasteiger partial charge in [-0.25, -0.2) is 9.37 Å².